The van der Waals surface area contributed by atoms with Crippen molar-refractivity contribution in [2.75, 3.05) is 62.7 Å². The van der Waals surface area contributed by atoms with Crippen molar-refractivity contribution < 1.29 is 18.3 Å². The summed E-state index contributed by atoms with van der Waals surface area (Å²) < 4.78 is 32.6. The van der Waals surface area contributed by atoms with Crippen LogP contribution in [0.3, 0.4) is 0 Å². The maximum Gasteiger partial charge on any atom is 0.251 e. The van der Waals surface area contributed by atoms with Gasteiger partial charge in [-0.15, -0.1) is 0 Å². The Morgan fingerprint density at radius 2 is 1.68 bits per heavy atom. The second-order valence-electron chi connectivity index (χ2n) is 9.11. The summed E-state index contributed by atoms with van der Waals surface area (Å²) in [6, 6.07) is 2.15. The molecule has 3 saturated heterocycles. The number of hydrogen-bond donors (Lipinski definition) is 0. The van der Waals surface area contributed by atoms with Crippen LogP contribution in [-0.4, -0.2) is 103 Å². The summed E-state index contributed by atoms with van der Waals surface area (Å²) in [6.45, 7) is 7.80. The summed E-state index contributed by atoms with van der Waals surface area (Å²) in [5.41, 5.74) is 0. The summed E-state index contributed by atoms with van der Waals surface area (Å²) in [7, 11) is 1.98. The zero-order valence-corrected chi connectivity index (χ0v) is 18.5. The van der Waals surface area contributed by atoms with E-state index in [2.05, 4.69) is 19.8 Å². The van der Waals surface area contributed by atoms with Crippen LogP contribution in [0.1, 0.15) is 26.7 Å². The smallest absolute Gasteiger partial charge is 0.251 e. The fourth-order valence-corrected chi connectivity index (χ4v) is 4.49. The van der Waals surface area contributed by atoms with E-state index in [9.17, 15) is 13.6 Å². The summed E-state index contributed by atoms with van der Waals surface area (Å²) in [5.74, 6) is -0.942. The first kappa shape index (κ1) is 22.1. The molecular formula is C21H32F2N6O2. The van der Waals surface area contributed by atoms with Crippen LogP contribution in [0.25, 0.3) is 0 Å². The number of morpholine rings is 1. The number of likely N-dealkylation sites (N-methyl/N-ethyl adjacent to an activating group) is 1. The molecule has 1 aromatic heterocycles. The molecule has 2 atom stereocenters. The number of ether oxygens (including phenoxy) is 1. The third kappa shape index (κ3) is 5.23. The summed E-state index contributed by atoms with van der Waals surface area (Å²) in [4.78, 5) is 29.4. The van der Waals surface area contributed by atoms with Gasteiger partial charge in [0.1, 0.15) is 18.0 Å². The molecule has 10 heteroatoms. The van der Waals surface area contributed by atoms with Gasteiger partial charge in [0.25, 0.3) is 5.92 Å². The van der Waals surface area contributed by atoms with E-state index in [-0.39, 0.29) is 37.0 Å². The van der Waals surface area contributed by atoms with Crippen LogP contribution in [0, 0.1) is 0 Å². The van der Waals surface area contributed by atoms with Gasteiger partial charge in [-0.3, -0.25) is 9.69 Å². The van der Waals surface area contributed by atoms with Crippen molar-refractivity contribution in [3.8, 4) is 0 Å². The van der Waals surface area contributed by atoms with E-state index in [1.165, 1.54) is 6.33 Å². The summed E-state index contributed by atoms with van der Waals surface area (Å²) in [6.07, 6.45) is 1.35. The van der Waals surface area contributed by atoms with Gasteiger partial charge in [0.05, 0.1) is 18.8 Å². The largest absolute Gasteiger partial charge is 0.372 e. The molecule has 8 nitrogen and oxygen atoms in total. The van der Waals surface area contributed by atoms with Gasteiger partial charge in [-0.1, -0.05) is 0 Å². The Hall–Kier alpha value is -2.07. The second-order valence-corrected chi connectivity index (χ2v) is 9.11. The Balaban J connectivity index is 1.27. The highest BCUT2D eigenvalue weighted by Gasteiger charge is 2.36. The molecule has 4 heterocycles. The molecule has 0 spiro atoms. The topological polar surface area (TPSA) is 65.0 Å². The van der Waals surface area contributed by atoms with Crippen molar-refractivity contribution in [2.45, 2.75) is 50.9 Å². The molecule has 0 N–H and O–H groups in total. The van der Waals surface area contributed by atoms with Gasteiger partial charge in [0, 0.05) is 64.2 Å². The standard InChI is InChI=1S/C21H32F2N6O2/c1-15-9-29(10-16(2)31-15)20(30)13-26(3)17-11-28(12-17)19-8-18(24-14-25-19)27-6-4-21(22,23)5-7-27/h8,14-17H,4-7,9-13H2,1-3H3. The lowest BCUT2D eigenvalue weighted by molar-refractivity contribution is -0.144. The van der Waals surface area contributed by atoms with Gasteiger partial charge in [0.15, 0.2) is 0 Å². The molecule has 3 aliphatic heterocycles. The molecule has 0 aromatic carbocycles. The number of piperidine rings is 1. The quantitative estimate of drug-likeness (QED) is 0.690. The number of aromatic nitrogens is 2. The second kappa shape index (κ2) is 8.82. The molecule has 3 fully saturated rings. The maximum atomic E-state index is 13.4. The highest BCUT2D eigenvalue weighted by Crippen LogP contribution is 2.31. The lowest BCUT2D eigenvalue weighted by Gasteiger charge is -2.45. The van der Waals surface area contributed by atoms with Gasteiger partial charge in [-0.25, -0.2) is 18.7 Å². The van der Waals surface area contributed by atoms with Crippen LogP contribution in [-0.2, 0) is 9.53 Å². The van der Waals surface area contributed by atoms with Crippen LogP contribution in [0.5, 0.6) is 0 Å². The number of carbonyl (C=O) groups excluding carboxylic acids is 1. The number of halogens is 2. The first-order chi connectivity index (χ1) is 14.7. The van der Waals surface area contributed by atoms with E-state index in [1.54, 1.807) is 0 Å². The Morgan fingerprint density at radius 1 is 1.10 bits per heavy atom. The van der Waals surface area contributed by atoms with Crippen molar-refractivity contribution in [3.05, 3.63) is 12.4 Å². The van der Waals surface area contributed by atoms with Crippen molar-refractivity contribution in [3.63, 3.8) is 0 Å². The van der Waals surface area contributed by atoms with Gasteiger partial charge in [0.2, 0.25) is 5.91 Å². The Kier molecular flexibility index (Phi) is 6.30. The highest BCUT2D eigenvalue weighted by molar-refractivity contribution is 5.78. The number of nitrogens with zero attached hydrogens (tertiary/aromatic N) is 6. The molecule has 0 saturated carbocycles. The van der Waals surface area contributed by atoms with Crippen LogP contribution in [0.15, 0.2) is 12.4 Å². The minimum Gasteiger partial charge on any atom is -0.372 e. The molecule has 31 heavy (non-hydrogen) atoms. The molecule has 1 amide bonds. The molecule has 0 aliphatic carbocycles. The molecule has 0 radical (unpaired) electrons. The van der Waals surface area contributed by atoms with E-state index in [0.717, 1.165) is 18.9 Å². The summed E-state index contributed by atoms with van der Waals surface area (Å²) in [5, 5.41) is 0. The van der Waals surface area contributed by atoms with E-state index < -0.39 is 5.92 Å². The Morgan fingerprint density at radius 3 is 2.29 bits per heavy atom. The van der Waals surface area contributed by atoms with E-state index in [0.29, 0.717) is 38.5 Å². The summed E-state index contributed by atoms with van der Waals surface area (Å²) >= 11 is 0. The molecule has 0 bridgehead atoms. The highest BCUT2D eigenvalue weighted by atomic mass is 19.3. The van der Waals surface area contributed by atoms with Gasteiger partial charge < -0.3 is 19.4 Å². The monoisotopic (exact) mass is 438 g/mol. The molecule has 3 aliphatic rings. The number of carbonyl (C=O) groups is 1. The first-order valence-corrected chi connectivity index (χ1v) is 11.0. The normalized spacial score (nSPS) is 26.8. The lowest BCUT2D eigenvalue weighted by atomic mass is 10.1. The third-order valence-corrected chi connectivity index (χ3v) is 6.42. The number of alkyl halides is 2. The minimum atomic E-state index is -2.57. The zero-order chi connectivity index (χ0) is 22.2. The van der Waals surface area contributed by atoms with Crippen molar-refractivity contribution >= 4 is 17.5 Å². The van der Waals surface area contributed by atoms with Crippen LogP contribution in [0.2, 0.25) is 0 Å². The van der Waals surface area contributed by atoms with E-state index >= 15 is 0 Å². The number of rotatable bonds is 5. The van der Waals surface area contributed by atoms with E-state index in [1.807, 2.05) is 36.8 Å². The molecule has 1 aromatic rings. The van der Waals surface area contributed by atoms with Crippen LogP contribution in [0.4, 0.5) is 20.4 Å². The molecule has 4 rings (SSSR count). The molecule has 2 unspecified atom stereocenters. The van der Waals surface area contributed by atoms with Crippen LogP contribution >= 0.6 is 0 Å². The fourth-order valence-electron chi connectivity index (χ4n) is 4.49. The third-order valence-electron chi connectivity index (χ3n) is 6.42. The van der Waals surface area contributed by atoms with Gasteiger partial charge >= 0.3 is 0 Å². The maximum absolute atomic E-state index is 13.4. The Bertz CT molecular complexity index is 771. The average molecular weight is 439 g/mol. The number of hydrogen-bond acceptors (Lipinski definition) is 7. The predicted molar refractivity (Wildman–Crippen MR) is 114 cm³/mol. The first-order valence-electron chi connectivity index (χ1n) is 11.0. The van der Waals surface area contributed by atoms with Crippen molar-refractivity contribution in [1.82, 2.24) is 19.8 Å². The Labute approximate surface area is 182 Å². The number of amides is 1. The van der Waals surface area contributed by atoms with E-state index in [4.69, 9.17) is 4.74 Å². The molecular weight excluding hydrogens is 406 g/mol. The number of anilines is 2. The average Bonchev–Trinajstić information content (AvgIpc) is 2.66. The van der Waals surface area contributed by atoms with Gasteiger partial charge in [-0.05, 0) is 20.9 Å². The predicted octanol–water partition coefficient (Wildman–Crippen LogP) is 1.47. The van der Waals surface area contributed by atoms with Crippen LogP contribution < -0.4 is 9.80 Å². The fraction of sp³-hybridized carbons (Fsp3) is 0.762. The van der Waals surface area contributed by atoms with Gasteiger partial charge in [-0.2, -0.15) is 0 Å². The molecule has 172 valence electrons. The van der Waals surface area contributed by atoms with Crippen molar-refractivity contribution in [2.24, 2.45) is 0 Å². The minimum absolute atomic E-state index is 0.0651. The van der Waals surface area contributed by atoms with Crippen molar-refractivity contribution in [1.29, 1.82) is 0 Å². The lowest BCUT2D eigenvalue weighted by Crippen LogP contribution is -2.61. The SMILES string of the molecule is CC1CN(C(=O)CN(C)C2CN(c3cc(N4CCC(F)(F)CC4)ncn3)C2)CC(C)O1. The zero-order valence-electron chi connectivity index (χ0n) is 18.5.